The van der Waals surface area contributed by atoms with Gasteiger partial charge < -0.3 is 5.11 Å². The van der Waals surface area contributed by atoms with E-state index < -0.39 is 0 Å². The third kappa shape index (κ3) is 3.64. The van der Waals surface area contributed by atoms with Crippen LogP contribution in [0.25, 0.3) is 0 Å². The Hall–Kier alpha value is -1.36. The summed E-state index contributed by atoms with van der Waals surface area (Å²) in [5, 5.41) is 23.7. The summed E-state index contributed by atoms with van der Waals surface area (Å²) in [6, 6.07) is 2.53. The van der Waals surface area contributed by atoms with Crippen LogP contribution in [0.2, 0.25) is 0 Å². The Balaban J connectivity index is 1.62. The molecule has 1 aliphatic carbocycles. The van der Waals surface area contributed by atoms with E-state index in [4.69, 9.17) is 5.11 Å². The van der Waals surface area contributed by atoms with Gasteiger partial charge in [0.15, 0.2) is 0 Å². The fourth-order valence-electron chi connectivity index (χ4n) is 2.46. The zero-order valence-electron chi connectivity index (χ0n) is 11.5. The minimum absolute atomic E-state index is 0.101. The Bertz CT molecular complexity index is 649. The van der Waals surface area contributed by atoms with E-state index in [0.29, 0.717) is 6.04 Å². The van der Waals surface area contributed by atoms with Gasteiger partial charge in [-0.05, 0) is 29.3 Å². The molecule has 0 aliphatic heterocycles. The monoisotopic (exact) mass is 320 g/mol. The molecule has 2 heterocycles. The number of aliphatic hydroxyl groups excluding tert-OH is 1. The van der Waals surface area contributed by atoms with Gasteiger partial charge in [0.2, 0.25) is 5.16 Å². The van der Waals surface area contributed by atoms with Crippen molar-refractivity contribution in [2.75, 3.05) is 6.61 Å². The van der Waals surface area contributed by atoms with Gasteiger partial charge in [-0.1, -0.05) is 36.4 Å². The van der Waals surface area contributed by atoms with Gasteiger partial charge in [-0.25, -0.2) is 4.68 Å². The number of aliphatic hydroxyl groups is 1. The fourth-order valence-corrected chi connectivity index (χ4v) is 4.27. The third-order valence-electron chi connectivity index (χ3n) is 3.44. The fraction of sp³-hybridized carbons (Fsp3) is 0.500. The molecule has 1 aliphatic rings. The van der Waals surface area contributed by atoms with E-state index in [2.05, 4.69) is 33.4 Å². The van der Waals surface area contributed by atoms with Crippen LogP contribution in [-0.4, -0.2) is 31.9 Å². The smallest absolute Gasteiger partial charge is 0.209 e. The quantitative estimate of drug-likeness (QED) is 0.692. The lowest BCUT2D eigenvalue weighted by Gasteiger charge is -2.10. The zero-order chi connectivity index (χ0) is 14.5. The predicted octanol–water partition coefficient (Wildman–Crippen LogP) is 2.49. The first kappa shape index (κ1) is 14.6. The number of hydrogen-bond acceptors (Lipinski definition) is 6. The van der Waals surface area contributed by atoms with E-state index >= 15 is 0 Å². The first-order valence-electron chi connectivity index (χ1n) is 6.94. The zero-order valence-corrected chi connectivity index (χ0v) is 13.2. The summed E-state index contributed by atoms with van der Waals surface area (Å²) in [6.45, 7) is -0.101. The molecule has 0 bridgehead atoms. The highest BCUT2D eigenvalue weighted by Gasteiger charge is 2.21. The second kappa shape index (κ2) is 7.07. The number of hydrogen-bond donors (Lipinski definition) is 1. The molecule has 1 saturated carbocycles. The Kier molecular flexibility index (Phi) is 4.91. The van der Waals surface area contributed by atoms with Gasteiger partial charge in [-0.2, -0.15) is 0 Å². The van der Waals surface area contributed by atoms with Crippen molar-refractivity contribution < 1.29 is 5.11 Å². The molecule has 0 radical (unpaired) electrons. The summed E-state index contributed by atoms with van der Waals surface area (Å²) in [4.78, 5) is 1.24. The van der Waals surface area contributed by atoms with Crippen LogP contribution >= 0.6 is 23.1 Å². The van der Waals surface area contributed by atoms with Crippen LogP contribution in [0.4, 0.5) is 0 Å². The highest BCUT2D eigenvalue weighted by molar-refractivity contribution is 7.98. The van der Waals surface area contributed by atoms with Crippen molar-refractivity contribution in [1.29, 1.82) is 0 Å². The van der Waals surface area contributed by atoms with E-state index in [1.54, 1.807) is 23.1 Å². The van der Waals surface area contributed by atoms with E-state index in [0.717, 1.165) is 16.5 Å². The van der Waals surface area contributed by atoms with Crippen molar-refractivity contribution in [1.82, 2.24) is 20.2 Å². The summed E-state index contributed by atoms with van der Waals surface area (Å²) < 4.78 is 1.98. The number of thioether (sulfide) groups is 1. The second-order valence-corrected chi connectivity index (χ2v) is 6.83. The highest BCUT2D eigenvalue weighted by Crippen LogP contribution is 2.32. The van der Waals surface area contributed by atoms with E-state index in [1.807, 2.05) is 10.1 Å². The molecule has 0 aromatic carbocycles. The number of aromatic nitrogens is 4. The third-order valence-corrected chi connectivity index (χ3v) is 5.54. The van der Waals surface area contributed by atoms with Crippen LogP contribution in [0.1, 0.15) is 42.2 Å². The summed E-state index contributed by atoms with van der Waals surface area (Å²) >= 11 is 3.35. The number of nitrogens with zero attached hydrogens (tertiary/aromatic N) is 4. The Morgan fingerprint density at radius 1 is 1.43 bits per heavy atom. The Morgan fingerprint density at radius 3 is 3.10 bits per heavy atom. The van der Waals surface area contributed by atoms with Crippen LogP contribution in [0.5, 0.6) is 0 Å². The molecule has 5 nitrogen and oxygen atoms in total. The second-order valence-electron chi connectivity index (χ2n) is 4.89. The standard InChI is InChI=1S/C14H16N4OS2/c19-7-3-4-11-8-13(20-9-11)10-21-14-15-16-17-18(14)12-5-1-2-6-12/h8-9,12,19H,1-2,5-7,10H2. The van der Waals surface area contributed by atoms with Crippen molar-refractivity contribution in [2.24, 2.45) is 0 Å². The van der Waals surface area contributed by atoms with Crippen molar-refractivity contribution >= 4 is 23.1 Å². The molecular formula is C14H16N4OS2. The molecule has 0 spiro atoms. The average Bonchev–Trinajstić information content (AvgIpc) is 3.22. The van der Waals surface area contributed by atoms with Gasteiger partial charge in [-0.15, -0.1) is 16.4 Å². The molecule has 0 saturated heterocycles. The summed E-state index contributed by atoms with van der Waals surface area (Å²) in [5.41, 5.74) is 0.958. The molecule has 0 atom stereocenters. The molecule has 2 aromatic heterocycles. The Morgan fingerprint density at radius 2 is 2.29 bits per heavy atom. The molecule has 21 heavy (non-hydrogen) atoms. The lowest BCUT2D eigenvalue weighted by atomic mass is 10.3. The largest absolute Gasteiger partial charge is 0.384 e. The van der Waals surface area contributed by atoms with Gasteiger partial charge in [0.05, 0.1) is 6.04 Å². The van der Waals surface area contributed by atoms with Gasteiger partial charge >= 0.3 is 0 Å². The first-order chi connectivity index (χ1) is 10.4. The number of tetrazole rings is 1. The molecule has 7 heteroatoms. The van der Waals surface area contributed by atoms with Gasteiger partial charge in [-0.3, -0.25) is 0 Å². The Labute approximate surface area is 131 Å². The van der Waals surface area contributed by atoms with Gasteiger partial charge in [0.1, 0.15) is 6.61 Å². The first-order valence-corrected chi connectivity index (χ1v) is 8.81. The number of rotatable bonds is 4. The lowest BCUT2D eigenvalue weighted by molar-refractivity contribution is 0.350. The van der Waals surface area contributed by atoms with Crippen LogP contribution in [0.3, 0.4) is 0 Å². The van der Waals surface area contributed by atoms with Crippen LogP contribution in [-0.2, 0) is 5.75 Å². The lowest BCUT2D eigenvalue weighted by Crippen LogP contribution is -2.08. The normalized spacial score (nSPS) is 15.1. The number of thiophene rings is 1. The maximum atomic E-state index is 8.70. The minimum Gasteiger partial charge on any atom is -0.384 e. The predicted molar refractivity (Wildman–Crippen MR) is 83.2 cm³/mol. The van der Waals surface area contributed by atoms with Crippen molar-refractivity contribution in [3.05, 3.63) is 21.9 Å². The van der Waals surface area contributed by atoms with Crippen LogP contribution < -0.4 is 0 Å². The molecule has 1 N–H and O–H groups in total. The van der Waals surface area contributed by atoms with E-state index in [-0.39, 0.29) is 6.61 Å². The summed E-state index contributed by atoms with van der Waals surface area (Å²) in [5.74, 6) is 6.43. The van der Waals surface area contributed by atoms with Crippen LogP contribution in [0.15, 0.2) is 16.6 Å². The highest BCUT2D eigenvalue weighted by atomic mass is 32.2. The molecular weight excluding hydrogens is 304 g/mol. The summed E-state index contributed by atoms with van der Waals surface area (Å²) in [7, 11) is 0. The molecule has 110 valence electrons. The molecule has 0 amide bonds. The van der Waals surface area contributed by atoms with Gasteiger partial charge in [0, 0.05) is 21.6 Å². The van der Waals surface area contributed by atoms with Gasteiger partial charge in [0.25, 0.3) is 0 Å². The molecule has 0 unspecified atom stereocenters. The van der Waals surface area contributed by atoms with E-state index in [9.17, 15) is 0 Å². The molecule has 3 rings (SSSR count). The van der Waals surface area contributed by atoms with Crippen molar-refractivity contribution in [3.8, 4) is 11.8 Å². The van der Waals surface area contributed by atoms with Crippen molar-refractivity contribution in [2.45, 2.75) is 42.6 Å². The molecule has 1 fully saturated rings. The maximum Gasteiger partial charge on any atom is 0.209 e. The summed E-state index contributed by atoms with van der Waals surface area (Å²) in [6.07, 6.45) is 4.90. The van der Waals surface area contributed by atoms with Crippen molar-refractivity contribution in [3.63, 3.8) is 0 Å². The topological polar surface area (TPSA) is 63.8 Å². The van der Waals surface area contributed by atoms with E-state index in [1.165, 1.54) is 30.6 Å². The SMILES string of the molecule is OCC#Cc1csc(CSc2nnnn2C2CCCC2)c1. The minimum atomic E-state index is -0.101. The van der Waals surface area contributed by atoms with Crippen LogP contribution in [0, 0.1) is 11.8 Å². The average molecular weight is 320 g/mol. The maximum absolute atomic E-state index is 8.70. The molecule has 2 aromatic rings.